The Morgan fingerprint density at radius 2 is 1.95 bits per heavy atom. The summed E-state index contributed by atoms with van der Waals surface area (Å²) in [5.41, 5.74) is -0.786. The highest BCUT2D eigenvalue weighted by Gasteiger charge is 2.56. The number of fused-ring (bicyclic) bond motifs is 1. The van der Waals surface area contributed by atoms with E-state index in [2.05, 4.69) is 9.73 Å². The topological polar surface area (TPSA) is 74.5 Å². The summed E-state index contributed by atoms with van der Waals surface area (Å²) in [5, 5.41) is 20.5. The van der Waals surface area contributed by atoms with E-state index in [1.165, 1.54) is 0 Å². The molecule has 2 N–H and O–H groups in total. The van der Waals surface area contributed by atoms with Crippen molar-refractivity contribution in [1.29, 1.82) is 0 Å². The van der Waals surface area contributed by atoms with Gasteiger partial charge in [-0.05, 0) is 0 Å². The van der Waals surface area contributed by atoms with Crippen molar-refractivity contribution in [2.75, 3.05) is 21.2 Å². The van der Waals surface area contributed by atoms with Crippen LogP contribution in [0.2, 0.25) is 0 Å². The second-order valence-corrected chi connectivity index (χ2v) is 6.13. The molecule has 2 aliphatic rings. The normalized spacial score (nSPS) is 37.9. The lowest BCUT2D eigenvalue weighted by Gasteiger charge is -2.41. The second kappa shape index (κ2) is 5.92. The van der Waals surface area contributed by atoms with Crippen molar-refractivity contribution in [2.24, 2.45) is 4.99 Å². The van der Waals surface area contributed by atoms with E-state index in [9.17, 15) is 23.4 Å². The third-order valence-corrected chi connectivity index (χ3v) is 4.65. The smallest absolute Gasteiger partial charge is 0.388 e. The summed E-state index contributed by atoms with van der Waals surface area (Å²) in [5.74, 6) is 0. The Kier molecular flexibility index (Phi) is 4.74. The Morgan fingerprint density at radius 1 is 1.33 bits per heavy atom. The lowest BCUT2D eigenvalue weighted by atomic mass is 9.94. The van der Waals surface area contributed by atoms with E-state index < -0.39 is 42.1 Å². The van der Waals surface area contributed by atoms with Gasteiger partial charge in [0.1, 0.15) is 29.8 Å². The molecule has 0 saturated carbocycles. The number of aliphatic imine (C=N–C) groups is 1. The van der Waals surface area contributed by atoms with Crippen molar-refractivity contribution in [3.05, 3.63) is 0 Å². The zero-order valence-electron chi connectivity index (χ0n) is 11.6. The quantitative estimate of drug-likeness (QED) is 0.745. The molecule has 0 bridgehead atoms. The second-order valence-electron chi connectivity index (χ2n) is 5.06. The van der Waals surface area contributed by atoms with Crippen LogP contribution < -0.4 is 0 Å². The van der Waals surface area contributed by atoms with Crippen LogP contribution in [0.5, 0.6) is 0 Å². The highest BCUT2D eigenvalue weighted by molar-refractivity contribution is 8.14. The molecule has 2 rings (SSSR count). The minimum absolute atomic E-state index is 0.526. The average Bonchev–Trinajstić information content (AvgIpc) is 2.78. The summed E-state index contributed by atoms with van der Waals surface area (Å²) in [6.07, 6.45) is -11.9. The number of methoxy groups -OCH3 is 1. The lowest BCUT2D eigenvalue weighted by Crippen LogP contribution is -2.61. The molecule has 0 aliphatic carbocycles. The van der Waals surface area contributed by atoms with Crippen LogP contribution in [0.1, 0.15) is 0 Å². The van der Waals surface area contributed by atoms with Crippen LogP contribution in [-0.4, -0.2) is 83.6 Å². The zero-order chi connectivity index (χ0) is 15.9. The van der Waals surface area contributed by atoms with Gasteiger partial charge in [0.25, 0.3) is 0 Å². The number of ether oxygens (including phenoxy) is 2. The van der Waals surface area contributed by atoms with Crippen LogP contribution in [0.25, 0.3) is 0 Å². The van der Waals surface area contributed by atoms with Gasteiger partial charge in [-0.25, -0.2) is 0 Å². The molecule has 1 fully saturated rings. The van der Waals surface area contributed by atoms with Gasteiger partial charge in [-0.2, -0.15) is 13.2 Å². The molecule has 0 spiro atoms. The van der Waals surface area contributed by atoms with Gasteiger partial charge in [0.2, 0.25) is 0 Å². The fourth-order valence-electron chi connectivity index (χ4n) is 2.30. The van der Waals surface area contributed by atoms with Crippen LogP contribution in [-0.2, 0) is 9.47 Å². The summed E-state index contributed by atoms with van der Waals surface area (Å²) in [6.45, 7) is 0. The highest BCUT2D eigenvalue weighted by atomic mass is 32.2. The first-order chi connectivity index (χ1) is 9.66. The number of thioether (sulfide) groups is 1. The zero-order valence-corrected chi connectivity index (χ0v) is 12.4. The van der Waals surface area contributed by atoms with Crippen molar-refractivity contribution in [3.8, 4) is 0 Å². The SMILES string of the molecule is CO[C@H]([C@H]1O[C@@H]2SC(N(C)C)=N[C@@H]2[C@@H](O)[C@@H]1O)C(F)(F)F. The van der Waals surface area contributed by atoms with Gasteiger partial charge in [0, 0.05) is 21.2 Å². The largest absolute Gasteiger partial charge is 0.417 e. The van der Waals surface area contributed by atoms with Gasteiger partial charge in [0.05, 0.1) is 0 Å². The van der Waals surface area contributed by atoms with Crippen molar-refractivity contribution >= 4 is 16.9 Å². The molecule has 10 heteroatoms. The van der Waals surface area contributed by atoms with Crippen LogP contribution in [0, 0.1) is 0 Å². The highest BCUT2D eigenvalue weighted by Crippen LogP contribution is 2.40. The molecule has 6 atom stereocenters. The number of aliphatic hydroxyl groups is 2. The molecule has 0 radical (unpaired) electrons. The Hall–Kier alpha value is -0.550. The molecular formula is C11H17F3N2O4S. The molecule has 122 valence electrons. The molecule has 21 heavy (non-hydrogen) atoms. The Balaban J connectivity index is 2.20. The molecule has 0 aromatic heterocycles. The standard InChI is InChI=1S/C11H17F3N2O4S/c1-16(2)10-15-4-5(17)6(18)7(20-9(4)21-10)8(19-3)11(12,13)14/h4-9,17-18H,1-3H3/t4-,5-,6+,7+,8-,9-/m1/s1. The van der Waals surface area contributed by atoms with E-state index in [0.29, 0.717) is 5.17 Å². The number of halogens is 3. The Labute approximate surface area is 123 Å². The Morgan fingerprint density at radius 3 is 2.43 bits per heavy atom. The van der Waals surface area contributed by atoms with Crippen LogP contribution >= 0.6 is 11.8 Å². The number of nitrogens with zero attached hydrogens (tertiary/aromatic N) is 2. The summed E-state index contributed by atoms with van der Waals surface area (Å²) in [6, 6.07) is -0.801. The molecule has 0 amide bonds. The minimum atomic E-state index is -4.71. The van der Waals surface area contributed by atoms with E-state index in [4.69, 9.17) is 4.74 Å². The predicted octanol–water partition coefficient (Wildman–Crippen LogP) is 0.0434. The molecule has 0 aromatic rings. The first kappa shape index (κ1) is 16.8. The molecule has 0 aromatic carbocycles. The summed E-state index contributed by atoms with van der Waals surface area (Å²) < 4.78 is 48.5. The summed E-state index contributed by atoms with van der Waals surface area (Å²) in [4.78, 5) is 5.84. The predicted molar refractivity (Wildman–Crippen MR) is 70.0 cm³/mol. The van der Waals surface area contributed by atoms with Gasteiger partial charge in [-0.1, -0.05) is 11.8 Å². The van der Waals surface area contributed by atoms with E-state index in [-0.39, 0.29) is 0 Å². The number of hydrogen-bond acceptors (Lipinski definition) is 7. The van der Waals surface area contributed by atoms with E-state index in [1.54, 1.807) is 19.0 Å². The van der Waals surface area contributed by atoms with Crippen LogP contribution in [0.4, 0.5) is 13.2 Å². The maximum atomic E-state index is 12.9. The fourth-order valence-corrected chi connectivity index (χ4v) is 3.44. The first-order valence-corrected chi connectivity index (χ1v) is 7.07. The monoisotopic (exact) mass is 330 g/mol. The first-order valence-electron chi connectivity index (χ1n) is 6.19. The number of rotatable bonds is 2. The van der Waals surface area contributed by atoms with Crippen LogP contribution in [0.15, 0.2) is 4.99 Å². The molecule has 6 nitrogen and oxygen atoms in total. The number of aliphatic hydroxyl groups excluding tert-OH is 2. The van der Waals surface area contributed by atoms with Gasteiger partial charge in [-0.3, -0.25) is 4.99 Å². The van der Waals surface area contributed by atoms with E-state index in [0.717, 1.165) is 18.9 Å². The van der Waals surface area contributed by atoms with Gasteiger partial charge in [-0.15, -0.1) is 0 Å². The fraction of sp³-hybridized carbons (Fsp3) is 0.909. The lowest BCUT2D eigenvalue weighted by molar-refractivity contribution is -0.278. The van der Waals surface area contributed by atoms with Crippen molar-refractivity contribution in [3.63, 3.8) is 0 Å². The summed E-state index contributed by atoms with van der Waals surface area (Å²) in [7, 11) is 4.32. The van der Waals surface area contributed by atoms with Crippen molar-refractivity contribution in [2.45, 2.75) is 42.1 Å². The third-order valence-electron chi connectivity index (χ3n) is 3.35. The Bertz CT molecular complexity index is 421. The van der Waals surface area contributed by atoms with E-state index in [1.807, 2.05) is 0 Å². The van der Waals surface area contributed by atoms with Gasteiger partial charge < -0.3 is 24.6 Å². The molecule has 1 saturated heterocycles. The molecule has 0 unspecified atom stereocenters. The maximum absolute atomic E-state index is 12.9. The minimum Gasteiger partial charge on any atom is -0.388 e. The van der Waals surface area contributed by atoms with Crippen LogP contribution in [0.3, 0.4) is 0 Å². The molecular weight excluding hydrogens is 313 g/mol. The maximum Gasteiger partial charge on any atom is 0.417 e. The van der Waals surface area contributed by atoms with Gasteiger partial charge in [0.15, 0.2) is 11.3 Å². The third kappa shape index (κ3) is 3.14. The number of alkyl halides is 3. The van der Waals surface area contributed by atoms with Crippen molar-refractivity contribution < 1.29 is 32.9 Å². The van der Waals surface area contributed by atoms with E-state index >= 15 is 0 Å². The number of hydrogen-bond donors (Lipinski definition) is 2. The average molecular weight is 330 g/mol. The molecule has 2 heterocycles. The van der Waals surface area contributed by atoms with Crippen molar-refractivity contribution in [1.82, 2.24) is 4.90 Å². The number of amidine groups is 1. The summed E-state index contributed by atoms with van der Waals surface area (Å²) >= 11 is 1.11. The molecule has 2 aliphatic heterocycles. The van der Waals surface area contributed by atoms with Gasteiger partial charge >= 0.3 is 6.18 Å².